The molecule has 0 bridgehead atoms. The molecule has 1 fully saturated rings. The van der Waals surface area contributed by atoms with Gasteiger partial charge in [0.2, 0.25) is 0 Å². The molecule has 0 aliphatic heterocycles. The molecule has 39 heavy (non-hydrogen) atoms. The van der Waals surface area contributed by atoms with E-state index in [2.05, 4.69) is 5.32 Å². The van der Waals surface area contributed by atoms with Crippen molar-refractivity contribution in [3.8, 4) is 0 Å². The first-order valence-corrected chi connectivity index (χ1v) is 13.7. The summed E-state index contributed by atoms with van der Waals surface area (Å²) in [5.74, 6) is -0.348. The van der Waals surface area contributed by atoms with Crippen LogP contribution in [-0.2, 0) is 14.3 Å². The van der Waals surface area contributed by atoms with Crippen LogP contribution in [-0.4, -0.2) is 62.6 Å². The summed E-state index contributed by atoms with van der Waals surface area (Å²) < 4.78 is 11.0. The number of amides is 2. The third kappa shape index (κ3) is 7.28. The van der Waals surface area contributed by atoms with Gasteiger partial charge in [-0.3, -0.25) is 4.90 Å². The summed E-state index contributed by atoms with van der Waals surface area (Å²) in [6, 6.07) is 7.34. The largest absolute Gasteiger partial charge is 0.497 e. The highest BCUT2D eigenvalue weighted by molar-refractivity contribution is 5.98. The molecule has 8 nitrogen and oxygen atoms in total. The van der Waals surface area contributed by atoms with Gasteiger partial charge in [-0.15, -0.1) is 12.4 Å². The quantitative estimate of drug-likeness (QED) is 0.332. The van der Waals surface area contributed by atoms with Gasteiger partial charge in [-0.05, 0) is 67.2 Å². The summed E-state index contributed by atoms with van der Waals surface area (Å²) in [6.07, 6.45) is 7.93. The van der Waals surface area contributed by atoms with E-state index in [1.807, 2.05) is 64.0 Å². The van der Waals surface area contributed by atoms with Crippen LogP contribution in [0.25, 0.3) is 0 Å². The first-order chi connectivity index (χ1) is 17.9. The molecule has 2 N–H and O–H groups in total. The van der Waals surface area contributed by atoms with Crippen molar-refractivity contribution in [1.29, 1.82) is 0 Å². The highest BCUT2D eigenvalue weighted by Crippen LogP contribution is 2.39. The Hall–Kier alpha value is -2.71. The minimum atomic E-state index is -1.84. The lowest BCUT2D eigenvalue weighted by atomic mass is 9.72. The van der Waals surface area contributed by atoms with Crippen molar-refractivity contribution in [2.24, 2.45) is 5.41 Å². The summed E-state index contributed by atoms with van der Waals surface area (Å²) in [4.78, 5) is 31.6. The number of anilines is 2. The minimum Gasteiger partial charge on any atom is -0.497 e. The zero-order chi connectivity index (χ0) is 28.1. The third-order valence-electron chi connectivity index (χ3n) is 7.48. The summed E-state index contributed by atoms with van der Waals surface area (Å²) in [5, 5.41) is 14.6. The second-order valence-electron chi connectivity index (χ2n) is 11.4. The minimum absolute atomic E-state index is 0. The molecule has 2 amide bonds. The SMILES string of the molecule is CCOC(=O)C1(NC(=O)N(c2ccc(N(C)C)cc2)C2CCCCCC2)C=C(OC)C=C(C(C)(C)C)C1O.Cl. The standard InChI is InChI=1S/C30H45N3O5.ClH/c1-8-38-27(35)30(20-24(37-7)19-25(26(30)34)29(2,3)4)31-28(36)33(22-13-11-9-10-12-14-22)23-17-15-21(16-18-23)32(5)6;/h15-20,22,26,34H,8-14H2,1-7H3,(H,31,36);1H. The normalized spacial score (nSPS) is 21.9. The van der Waals surface area contributed by atoms with Crippen LogP contribution >= 0.6 is 12.4 Å². The summed E-state index contributed by atoms with van der Waals surface area (Å²) in [7, 11) is 5.44. The van der Waals surface area contributed by atoms with Crippen LogP contribution in [0.4, 0.5) is 16.2 Å². The van der Waals surface area contributed by atoms with Gasteiger partial charge in [0, 0.05) is 31.5 Å². The van der Waals surface area contributed by atoms with Crippen LogP contribution in [0.3, 0.4) is 0 Å². The molecule has 9 heteroatoms. The number of hydrogen-bond donors (Lipinski definition) is 2. The van der Waals surface area contributed by atoms with Gasteiger partial charge in [-0.25, -0.2) is 9.59 Å². The number of rotatable bonds is 7. The Bertz CT molecular complexity index is 1040. The van der Waals surface area contributed by atoms with Gasteiger partial charge < -0.3 is 24.8 Å². The van der Waals surface area contributed by atoms with Crippen LogP contribution in [0.5, 0.6) is 0 Å². The fourth-order valence-corrected chi connectivity index (χ4v) is 5.30. The second kappa shape index (κ2) is 13.6. The van der Waals surface area contributed by atoms with Crippen molar-refractivity contribution >= 4 is 35.8 Å². The van der Waals surface area contributed by atoms with Gasteiger partial charge >= 0.3 is 12.0 Å². The van der Waals surface area contributed by atoms with E-state index in [0.29, 0.717) is 11.3 Å². The maximum atomic E-state index is 14.2. The lowest BCUT2D eigenvalue weighted by molar-refractivity contribution is -0.152. The number of aliphatic hydroxyl groups is 1. The molecule has 0 spiro atoms. The van der Waals surface area contributed by atoms with E-state index in [0.717, 1.165) is 49.9 Å². The summed E-state index contributed by atoms with van der Waals surface area (Å²) >= 11 is 0. The Labute approximate surface area is 239 Å². The number of benzene rings is 1. The van der Waals surface area contributed by atoms with E-state index in [9.17, 15) is 14.7 Å². The van der Waals surface area contributed by atoms with E-state index < -0.39 is 29.1 Å². The molecule has 1 aromatic carbocycles. The molecular weight excluding hydrogens is 518 g/mol. The van der Waals surface area contributed by atoms with Crippen molar-refractivity contribution in [3.63, 3.8) is 0 Å². The smallest absolute Gasteiger partial charge is 0.339 e. The van der Waals surface area contributed by atoms with Gasteiger partial charge in [0.1, 0.15) is 11.9 Å². The summed E-state index contributed by atoms with van der Waals surface area (Å²) in [6.45, 7) is 7.65. The number of ether oxygens (including phenoxy) is 2. The van der Waals surface area contributed by atoms with Crippen molar-refractivity contribution in [1.82, 2.24) is 5.32 Å². The lowest BCUT2D eigenvalue weighted by Crippen LogP contribution is -2.66. The molecule has 3 rings (SSSR count). The van der Waals surface area contributed by atoms with Crippen molar-refractivity contribution < 1.29 is 24.2 Å². The maximum absolute atomic E-state index is 14.2. The first kappa shape index (κ1) is 32.5. The Morgan fingerprint density at radius 2 is 1.62 bits per heavy atom. The maximum Gasteiger partial charge on any atom is 0.339 e. The number of nitrogens with zero attached hydrogens (tertiary/aromatic N) is 2. The first-order valence-electron chi connectivity index (χ1n) is 13.7. The van der Waals surface area contributed by atoms with Crippen molar-refractivity contribution in [3.05, 3.63) is 47.7 Å². The average Bonchev–Trinajstić information content (AvgIpc) is 3.14. The highest BCUT2D eigenvalue weighted by Gasteiger charge is 2.53. The fraction of sp³-hybridized carbons (Fsp3) is 0.600. The van der Waals surface area contributed by atoms with E-state index >= 15 is 0 Å². The zero-order valence-electron chi connectivity index (χ0n) is 24.5. The van der Waals surface area contributed by atoms with E-state index in [-0.39, 0.29) is 25.1 Å². The van der Waals surface area contributed by atoms with Gasteiger partial charge in [-0.1, -0.05) is 46.5 Å². The molecule has 0 saturated heterocycles. The lowest BCUT2D eigenvalue weighted by Gasteiger charge is -2.43. The second-order valence-corrected chi connectivity index (χ2v) is 11.4. The Morgan fingerprint density at radius 1 is 1.05 bits per heavy atom. The van der Waals surface area contributed by atoms with Crippen molar-refractivity contribution in [2.45, 2.75) is 83.9 Å². The number of allylic oxidation sites excluding steroid dienone is 1. The molecule has 2 atom stereocenters. The van der Waals surface area contributed by atoms with Crippen LogP contribution in [0.1, 0.15) is 66.2 Å². The van der Waals surface area contributed by atoms with Crippen molar-refractivity contribution in [2.75, 3.05) is 37.6 Å². The van der Waals surface area contributed by atoms with Gasteiger partial charge in [0.15, 0.2) is 5.54 Å². The average molecular weight is 564 g/mol. The van der Waals surface area contributed by atoms with Crippen LogP contribution in [0, 0.1) is 5.41 Å². The molecule has 2 aliphatic carbocycles. The number of halogens is 1. The Balaban J connectivity index is 0.00000533. The molecule has 1 aromatic rings. The van der Waals surface area contributed by atoms with E-state index in [4.69, 9.17) is 9.47 Å². The number of nitrogens with one attached hydrogen (secondary N) is 1. The Kier molecular flexibility index (Phi) is 11.3. The number of esters is 1. The predicted molar refractivity (Wildman–Crippen MR) is 159 cm³/mol. The van der Waals surface area contributed by atoms with Crippen LogP contribution < -0.4 is 15.1 Å². The van der Waals surface area contributed by atoms with E-state index in [1.165, 1.54) is 13.2 Å². The number of aliphatic hydroxyl groups excluding tert-OH is 1. The van der Waals surface area contributed by atoms with Gasteiger partial charge in [0.25, 0.3) is 0 Å². The molecule has 1 saturated carbocycles. The topological polar surface area (TPSA) is 91.3 Å². The molecule has 218 valence electrons. The number of methoxy groups -OCH3 is 1. The predicted octanol–water partition coefficient (Wildman–Crippen LogP) is 5.59. The summed E-state index contributed by atoms with van der Waals surface area (Å²) in [5.41, 5.74) is -0.00709. The van der Waals surface area contributed by atoms with Crippen LogP contribution in [0.2, 0.25) is 0 Å². The Morgan fingerprint density at radius 3 is 2.10 bits per heavy atom. The third-order valence-corrected chi connectivity index (χ3v) is 7.48. The number of hydrogen-bond acceptors (Lipinski definition) is 6. The zero-order valence-corrected chi connectivity index (χ0v) is 25.3. The fourth-order valence-electron chi connectivity index (χ4n) is 5.30. The highest BCUT2D eigenvalue weighted by atomic mass is 35.5. The van der Waals surface area contributed by atoms with E-state index in [1.54, 1.807) is 17.9 Å². The molecule has 2 unspecified atom stereocenters. The molecule has 2 aliphatic rings. The molecule has 0 aromatic heterocycles. The number of urea groups is 1. The number of carbonyl (C=O) groups is 2. The van der Waals surface area contributed by atoms with Gasteiger partial charge in [-0.2, -0.15) is 0 Å². The van der Waals surface area contributed by atoms with Gasteiger partial charge in [0.05, 0.1) is 13.7 Å². The monoisotopic (exact) mass is 563 g/mol. The molecular formula is C30H46ClN3O5. The van der Waals surface area contributed by atoms with Crippen LogP contribution in [0.15, 0.2) is 47.7 Å². The molecule has 0 heterocycles. The molecule has 0 radical (unpaired) electrons. The number of carbonyl (C=O) groups excluding carboxylic acids is 2.